The van der Waals surface area contributed by atoms with E-state index >= 15 is 0 Å². The van der Waals surface area contributed by atoms with Gasteiger partial charge in [0, 0.05) is 37.2 Å². The van der Waals surface area contributed by atoms with Crippen molar-refractivity contribution in [3.63, 3.8) is 0 Å². The second kappa shape index (κ2) is 7.52. The van der Waals surface area contributed by atoms with Crippen LogP contribution in [-0.4, -0.2) is 22.2 Å². The Bertz CT molecular complexity index is 944. The van der Waals surface area contributed by atoms with Gasteiger partial charge in [-0.05, 0) is 42.7 Å². The lowest BCUT2D eigenvalue weighted by molar-refractivity contribution is -0.136. The third kappa shape index (κ3) is 3.67. The van der Waals surface area contributed by atoms with Crippen LogP contribution < -0.4 is 10.6 Å². The van der Waals surface area contributed by atoms with E-state index in [0.29, 0.717) is 13.1 Å². The van der Waals surface area contributed by atoms with E-state index in [-0.39, 0.29) is 6.42 Å². The minimum Gasteiger partial charge on any atom is -0.481 e. The molecule has 0 amide bonds. The van der Waals surface area contributed by atoms with Crippen molar-refractivity contribution in [2.75, 3.05) is 17.2 Å². The quantitative estimate of drug-likeness (QED) is 0.594. The lowest BCUT2D eigenvalue weighted by atomic mass is 10.1. The molecule has 0 radical (unpaired) electrons. The highest BCUT2D eigenvalue weighted by atomic mass is 16.4. The highest BCUT2D eigenvalue weighted by molar-refractivity contribution is 5.87. The summed E-state index contributed by atoms with van der Waals surface area (Å²) in [7, 11) is 2.07. The Balaban J connectivity index is 1.82. The predicted octanol–water partition coefficient (Wildman–Crippen LogP) is 4.29. The maximum absolute atomic E-state index is 10.8. The molecule has 0 fully saturated rings. The second-order valence-electron chi connectivity index (χ2n) is 6.66. The molecule has 26 heavy (non-hydrogen) atoms. The van der Waals surface area contributed by atoms with Crippen LogP contribution in [0.25, 0.3) is 10.9 Å². The largest absolute Gasteiger partial charge is 0.481 e. The summed E-state index contributed by atoms with van der Waals surface area (Å²) in [5.41, 5.74) is 6.79. The van der Waals surface area contributed by atoms with Crippen LogP contribution in [-0.2, 0) is 18.4 Å². The van der Waals surface area contributed by atoms with Gasteiger partial charge < -0.3 is 20.3 Å². The van der Waals surface area contributed by atoms with Gasteiger partial charge in [-0.3, -0.25) is 4.79 Å². The van der Waals surface area contributed by atoms with E-state index in [4.69, 9.17) is 5.11 Å². The summed E-state index contributed by atoms with van der Waals surface area (Å²) in [5, 5.41) is 16.9. The van der Waals surface area contributed by atoms with Gasteiger partial charge in [-0.15, -0.1) is 0 Å². The zero-order chi connectivity index (χ0) is 18.7. The lowest BCUT2D eigenvalue weighted by Crippen LogP contribution is -2.11. The molecule has 0 atom stereocenters. The fourth-order valence-corrected chi connectivity index (χ4v) is 3.40. The Kier molecular flexibility index (Phi) is 5.16. The van der Waals surface area contributed by atoms with E-state index in [1.165, 1.54) is 22.0 Å². The summed E-state index contributed by atoms with van der Waals surface area (Å²) in [4.78, 5) is 10.8. The predicted molar refractivity (Wildman–Crippen MR) is 107 cm³/mol. The van der Waals surface area contributed by atoms with Crippen LogP contribution in [0.15, 0.2) is 42.6 Å². The van der Waals surface area contributed by atoms with Crippen molar-refractivity contribution in [3.8, 4) is 0 Å². The summed E-state index contributed by atoms with van der Waals surface area (Å²) >= 11 is 0. The molecular weight excluding hydrogens is 326 g/mol. The van der Waals surface area contributed by atoms with E-state index < -0.39 is 5.97 Å². The summed E-state index contributed by atoms with van der Waals surface area (Å²) in [6.45, 7) is 5.27. The van der Waals surface area contributed by atoms with Crippen LogP contribution in [0.1, 0.15) is 23.1 Å². The number of fused-ring (bicyclic) bond motifs is 1. The van der Waals surface area contributed by atoms with Gasteiger partial charge >= 0.3 is 5.97 Å². The standard InChI is InChI=1S/C21H25N3O2/c1-14-6-5-9-18-20(14)16(13-24(18)3)12-23-17-8-4-7-15(2)21(17)22-11-10-19(25)26/h4-9,13,22-23H,10-12H2,1-3H3,(H,25,26). The molecule has 5 heteroatoms. The Hall–Kier alpha value is -2.95. The molecule has 0 spiro atoms. The maximum atomic E-state index is 10.8. The van der Waals surface area contributed by atoms with Gasteiger partial charge in [-0.1, -0.05) is 24.3 Å². The topological polar surface area (TPSA) is 66.3 Å². The van der Waals surface area contributed by atoms with Gasteiger partial charge in [0.25, 0.3) is 0 Å². The van der Waals surface area contributed by atoms with Crippen LogP contribution in [0.5, 0.6) is 0 Å². The minimum atomic E-state index is -0.799. The number of rotatable bonds is 7. The van der Waals surface area contributed by atoms with E-state index in [1.807, 2.05) is 25.1 Å². The minimum absolute atomic E-state index is 0.0935. The molecule has 0 aliphatic rings. The van der Waals surface area contributed by atoms with Crippen LogP contribution >= 0.6 is 0 Å². The number of hydrogen-bond donors (Lipinski definition) is 3. The number of nitrogens with zero attached hydrogens (tertiary/aromatic N) is 1. The number of benzene rings is 2. The average Bonchev–Trinajstić information content (AvgIpc) is 2.92. The molecule has 5 nitrogen and oxygen atoms in total. The molecule has 3 N–H and O–H groups in total. The van der Waals surface area contributed by atoms with E-state index in [1.54, 1.807) is 0 Å². The van der Waals surface area contributed by atoms with Crippen molar-refractivity contribution < 1.29 is 9.90 Å². The van der Waals surface area contributed by atoms with Gasteiger partial charge in [0.05, 0.1) is 17.8 Å². The van der Waals surface area contributed by atoms with E-state index in [2.05, 4.69) is 53.6 Å². The Morgan fingerprint density at radius 1 is 1.08 bits per heavy atom. The summed E-state index contributed by atoms with van der Waals surface area (Å²) in [6.07, 6.45) is 2.26. The zero-order valence-corrected chi connectivity index (χ0v) is 15.5. The lowest BCUT2D eigenvalue weighted by Gasteiger charge is -2.16. The molecule has 0 aliphatic heterocycles. The summed E-state index contributed by atoms with van der Waals surface area (Å²) in [6, 6.07) is 12.4. The fraction of sp³-hybridized carbons (Fsp3) is 0.286. The Morgan fingerprint density at radius 3 is 2.58 bits per heavy atom. The maximum Gasteiger partial charge on any atom is 0.305 e. The van der Waals surface area contributed by atoms with Crippen LogP contribution in [0.3, 0.4) is 0 Å². The first-order valence-corrected chi connectivity index (χ1v) is 8.80. The number of anilines is 2. The molecular formula is C21H25N3O2. The van der Waals surface area contributed by atoms with Gasteiger partial charge in [0.15, 0.2) is 0 Å². The van der Waals surface area contributed by atoms with Gasteiger partial charge in [-0.2, -0.15) is 0 Å². The second-order valence-corrected chi connectivity index (χ2v) is 6.66. The molecule has 2 aromatic carbocycles. The number of nitrogens with one attached hydrogen (secondary N) is 2. The van der Waals surface area contributed by atoms with Crippen molar-refractivity contribution in [2.24, 2.45) is 7.05 Å². The van der Waals surface area contributed by atoms with Gasteiger partial charge in [0.1, 0.15) is 0 Å². The molecule has 0 unspecified atom stereocenters. The number of para-hydroxylation sites is 1. The van der Waals surface area contributed by atoms with Crippen molar-refractivity contribution in [2.45, 2.75) is 26.8 Å². The van der Waals surface area contributed by atoms with Crippen LogP contribution in [0.2, 0.25) is 0 Å². The third-order valence-electron chi connectivity index (χ3n) is 4.68. The smallest absolute Gasteiger partial charge is 0.305 e. The van der Waals surface area contributed by atoms with E-state index in [9.17, 15) is 4.79 Å². The fourth-order valence-electron chi connectivity index (χ4n) is 3.40. The number of aromatic nitrogens is 1. The Morgan fingerprint density at radius 2 is 1.81 bits per heavy atom. The molecule has 0 aliphatic carbocycles. The van der Waals surface area contributed by atoms with Gasteiger partial charge in [0.2, 0.25) is 0 Å². The number of carbonyl (C=O) groups is 1. The molecule has 0 saturated carbocycles. The summed E-state index contributed by atoms with van der Waals surface area (Å²) < 4.78 is 2.15. The Labute approximate surface area is 153 Å². The molecule has 1 aromatic heterocycles. The van der Waals surface area contributed by atoms with Gasteiger partial charge in [-0.25, -0.2) is 0 Å². The number of hydrogen-bond acceptors (Lipinski definition) is 3. The molecule has 0 saturated heterocycles. The van der Waals surface area contributed by atoms with Crippen molar-refractivity contribution in [1.82, 2.24) is 4.57 Å². The molecule has 3 rings (SSSR count). The monoisotopic (exact) mass is 351 g/mol. The highest BCUT2D eigenvalue weighted by Gasteiger charge is 2.10. The number of carboxylic acid groups (broad SMARTS) is 1. The highest BCUT2D eigenvalue weighted by Crippen LogP contribution is 2.29. The first kappa shape index (κ1) is 17.9. The number of carboxylic acids is 1. The first-order chi connectivity index (χ1) is 12.5. The molecule has 3 aromatic rings. The number of aliphatic carboxylic acids is 1. The van der Waals surface area contributed by atoms with E-state index in [0.717, 1.165) is 16.9 Å². The zero-order valence-electron chi connectivity index (χ0n) is 15.5. The SMILES string of the molecule is Cc1cccc(NCc2cn(C)c3cccc(C)c23)c1NCCC(=O)O. The molecule has 0 bridgehead atoms. The number of aryl methyl sites for hydroxylation is 3. The normalized spacial score (nSPS) is 10.9. The third-order valence-corrected chi connectivity index (χ3v) is 4.68. The van der Waals surface area contributed by atoms with Crippen LogP contribution in [0.4, 0.5) is 11.4 Å². The van der Waals surface area contributed by atoms with Crippen molar-refractivity contribution in [3.05, 3.63) is 59.3 Å². The molecule has 1 heterocycles. The van der Waals surface area contributed by atoms with Crippen molar-refractivity contribution >= 4 is 28.2 Å². The average molecular weight is 351 g/mol. The summed E-state index contributed by atoms with van der Waals surface area (Å²) in [5.74, 6) is -0.799. The molecule has 136 valence electrons. The first-order valence-electron chi connectivity index (χ1n) is 8.80. The van der Waals surface area contributed by atoms with Crippen LogP contribution in [0, 0.1) is 13.8 Å². The van der Waals surface area contributed by atoms with Crippen molar-refractivity contribution in [1.29, 1.82) is 0 Å².